The monoisotopic (exact) mass is 304 g/mol. The van der Waals surface area contributed by atoms with Gasteiger partial charge >= 0.3 is 0 Å². The Kier molecular flexibility index (Phi) is 3.91. The van der Waals surface area contributed by atoms with Crippen LogP contribution in [-0.2, 0) is 16.0 Å². The smallest absolute Gasteiger partial charge is 0.227 e. The number of benzene rings is 1. The number of hydrogen-bond acceptors (Lipinski definition) is 2. The van der Waals surface area contributed by atoms with E-state index in [9.17, 15) is 9.18 Å². The highest BCUT2D eigenvalue weighted by Gasteiger charge is 2.28. The van der Waals surface area contributed by atoms with Crippen LogP contribution in [0.25, 0.3) is 10.9 Å². The fourth-order valence-corrected chi connectivity index (χ4v) is 3.09. The Morgan fingerprint density at radius 3 is 3.00 bits per heavy atom. The van der Waals surface area contributed by atoms with Crippen molar-refractivity contribution in [2.45, 2.75) is 39.3 Å². The average Bonchev–Trinajstić information content (AvgIpc) is 2.77. The fourth-order valence-electron chi connectivity index (χ4n) is 3.09. The molecule has 2 unspecified atom stereocenters. The first-order valence-electron chi connectivity index (χ1n) is 7.63. The average molecular weight is 304 g/mol. The van der Waals surface area contributed by atoms with Crippen LogP contribution in [0.2, 0.25) is 0 Å². The number of nitrogens with zero attached hydrogens (tertiary/aromatic N) is 1. The Labute approximate surface area is 129 Å². The van der Waals surface area contributed by atoms with Crippen molar-refractivity contribution < 1.29 is 13.9 Å². The van der Waals surface area contributed by atoms with Gasteiger partial charge in [0.05, 0.1) is 25.2 Å². The van der Waals surface area contributed by atoms with Crippen molar-refractivity contribution in [1.82, 2.24) is 9.88 Å². The minimum Gasteiger partial charge on any atom is -0.375 e. The third kappa shape index (κ3) is 2.73. The number of morpholine rings is 1. The van der Waals surface area contributed by atoms with Gasteiger partial charge in [-0.05, 0) is 44.5 Å². The molecule has 1 aromatic heterocycles. The van der Waals surface area contributed by atoms with Gasteiger partial charge in [0.2, 0.25) is 5.91 Å². The molecule has 1 N–H and O–H groups in total. The second kappa shape index (κ2) is 5.72. The number of amides is 1. The molecule has 0 radical (unpaired) electrons. The number of carbonyl (C=O) groups excluding carboxylic acids is 1. The van der Waals surface area contributed by atoms with E-state index in [1.54, 1.807) is 6.07 Å². The molecule has 1 aromatic carbocycles. The summed E-state index contributed by atoms with van der Waals surface area (Å²) in [6.45, 7) is 7.06. The molecule has 0 aliphatic carbocycles. The van der Waals surface area contributed by atoms with Crippen molar-refractivity contribution in [3.63, 3.8) is 0 Å². The summed E-state index contributed by atoms with van der Waals surface area (Å²) in [7, 11) is 0. The molecule has 1 amide bonds. The van der Waals surface area contributed by atoms with Crippen LogP contribution in [0, 0.1) is 12.7 Å². The summed E-state index contributed by atoms with van der Waals surface area (Å²) < 4.78 is 19.1. The normalized spacial score (nSPS) is 22.3. The Morgan fingerprint density at radius 1 is 1.45 bits per heavy atom. The highest BCUT2D eigenvalue weighted by Crippen LogP contribution is 2.25. The zero-order chi connectivity index (χ0) is 15.9. The number of fused-ring (bicyclic) bond motifs is 1. The summed E-state index contributed by atoms with van der Waals surface area (Å²) >= 11 is 0. The van der Waals surface area contributed by atoms with Gasteiger partial charge in [-0.1, -0.05) is 0 Å². The molecular formula is C17H21FN2O2. The molecule has 22 heavy (non-hydrogen) atoms. The summed E-state index contributed by atoms with van der Waals surface area (Å²) in [5.74, 6) is -0.218. The summed E-state index contributed by atoms with van der Waals surface area (Å²) in [5, 5.41) is 0.791. The van der Waals surface area contributed by atoms with E-state index in [1.807, 2.05) is 25.7 Å². The Balaban J connectivity index is 1.87. The van der Waals surface area contributed by atoms with Gasteiger partial charge in [-0.25, -0.2) is 4.39 Å². The summed E-state index contributed by atoms with van der Waals surface area (Å²) in [6.07, 6.45) is 0.341. The number of aryl methyl sites for hydroxylation is 1. The number of ether oxygens (including phenoxy) is 1. The van der Waals surface area contributed by atoms with Gasteiger partial charge in [-0.2, -0.15) is 0 Å². The number of carbonyl (C=O) groups is 1. The van der Waals surface area contributed by atoms with E-state index in [2.05, 4.69) is 4.98 Å². The number of hydrogen-bond donors (Lipinski definition) is 1. The van der Waals surface area contributed by atoms with Gasteiger partial charge in [0.25, 0.3) is 0 Å². The molecule has 2 heterocycles. The molecule has 2 aromatic rings. The van der Waals surface area contributed by atoms with Gasteiger partial charge < -0.3 is 14.6 Å². The third-order valence-electron chi connectivity index (χ3n) is 4.34. The van der Waals surface area contributed by atoms with Crippen LogP contribution < -0.4 is 0 Å². The predicted octanol–water partition coefficient (Wildman–Crippen LogP) is 2.79. The minimum atomic E-state index is -0.284. The number of H-pyrrole nitrogens is 1. The predicted molar refractivity (Wildman–Crippen MR) is 83.3 cm³/mol. The van der Waals surface area contributed by atoms with E-state index < -0.39 is 0 Å². The van der Waals surface area contributed by atoms with E-state index in [0.717, 1.165) is 22.2 Å². The Hall–Kier alpha value is -1.88. The number of halogens is 1. The lowest BCUT2D eigenvalue weighted by Crippen LogP contribution is -2.50. The lowest BCUT2D eigenvalue weighted by molar-refractivity contribution is -0.142. The molecule has 4 nitrogen and oxygen atoms in total. The van der Waals surface area contributed by atoms with Gasteiger partial charge in [-0.15, -0.1) is 0 Å². The summed E-state index contributed by atoms with van der Waals surface area (Å²) in [4.78, 5) is 17.8. The van der Waals surface area contributed by atoms with Crippen LogP contribution >= 0.6 is 0 Å². The maximum Gasteiger partial charge on any atom is 0.227 e. The molecule has 0 spiro atoms. The molecule has 0 saturated carbocycles. The van der Waals surface area contributed by atoms with Crippen molar-refractivity contribution >= 4 is 16.8 Å². The maximum atomic E-state index is 13.5. The van der Waals surface area contributed by atoms with Crippen LogP contribution in [0.3, 0.4) is 0 Å². The molecule has 118 valence electrons. The second-order valence-electron chi connectivity index (χ2n) is 6.13. The van der Waals surface area contributed by atoms with Crippen LogP contribution in [0.4, 0.5) is 4.39 Å². The van der Waals surface area contributed by atoms with Crippen molar-refractivity contribution in [3.8, 4) is 0 Å². The first kappa shape index (κ1) is 15.0. The van der Waals surface area contributed by atoms with Gasteiger partial charge in [0, 0.05) is 23.1 Å². The number of nitrogens with one attached hydrogen (secondary N) is 1. The largest absolute Gasteiger partial charge is 0.375 e. The second-order valence-corrected chi connectivity index (χ2v) is 6.13. The zero-order valence-electron chi connectivity index (χ0n) is 13.1. The molecule has 1 aliphatic heterocycles. The van der Waals surface area contributed by atoms with E-state index in [1.165, 1.54) is 12.1 Å². The molecule has 3 rings (SSSR count). The van der Waals surface area contributed by atoms with Crippen molar-refractivity contribution in [3.05, 3.63) is 35.3 Å². The highest BCUT2D eigenvalue weighted by molar-refractivity contribution is 5.90. The first-order valence-corrected chi connectivity index (χ1v) is 7.63. The van der Waals surface area contributed by atoms with E-state index in [-0.39, 0.29) is 30.3 Å². The van der Waals surface area contributed by atoms with Crippen LogP contribution in [0.5, 0.6) is 0 Å². The van der Waals surface area contributed by atoms with Gasteiger partial charge in [0.1, 0.15) is 5.82 Å². The Bertz CT molecular complexity index is 710. The topological polar surface area (TPSA) is 45.3 Å². The van der Waals surface area contributed by atoms with Crippen molar-refractivity contribution in [1.29, 1.82) is 0 Å². The highest BCUT2D eigenvalue weighted by atomic mass is 19.1. The van der Waals surface area contributed by atoms with Crippen LogP contribution in [0.15, 0.2) is 18.2 Å². The van der Waals surface area contributed by atoms with Crippen LogP contribution in [0.1, 0.15) is 25.1 Å². The van der Waals surface area contributed by atoms with E-state index >= 15 is 0 Å². The zero-order valence-corrected chi connectivity index (χ0v) is 13.1. The van der Waals surface area contributed by atoms with E-state index in [4.69, 9.17) is 4.74 Å². The number of aromatic nitrogens is 1. The summed E-state index contributed by atoms with van der Waals surface area (Å²) in [5.41, 5.74) is 2.67. The molecule has 1 fully saturated rings. The molecular weight excluding hydrogens is 283 g/mol. The van der Waals surface area contributed by atoms with Gasteiger partial charge in [-0.3, -0.25) is 4.79 Å². The molecule has 5 heteroatoms. The number of rotatable bonds is 2. The standard InChI is InChI=1S/C17H21FN2O2/c1-10-9-22-11(2)8-20(10)17(21)7-14-12(3)19-16-5-4-13(18)6-15(14)16/h4-6,10-11,19H,7-9H2,1-3H3. The Morgan fingerprint density at radius 2 is 2.23 bits per heavy atom. The fraction of sp³-hybridized carbons (Fsp3) is 0.471. The third-order valence-corrected chi connectivity index (χ3v) is 4.34. The lowest BCUT2D eigenvalue weighted by Gasteiger charge is -2.37. The number of aromatic amines is 1. The molecule has 0 bridgehead atoms. The SMILES string of the molecule is Cc1[nH]c2ccc(F)cc2c1CC(=O)N1CC(C)OCC1C. The first-order chi connectivity index (χ1) is 10.5. The quantitative estimate of drug-likeness (QED) is 0.927. The molecule has 2 atom stereocenters. The maximum absolute atomic E-state index is 13.5. The van der Waals surface area contributed by atoms with Crippen molar-refractivity contribution in [2.24, 2.45) is 0 Å². The molecule has 1 saturated heterocycles. The molecule has 1 aliphatic rings. The van der Waals surface area contributed by atoms with Crippen molar-refractivity contribution in [2.75, 3.05) is 13.2 Å². The van der Waals surface area contributed by atoms with E-state index in [0.29, 0.717) is 13.2 Å². The lowest BCUT2D eigenvalue weighted by atomic mass is 10.1. The summed E-state index contributed by atoms with van der Waals surface area (Å²) in [6, 6.07) is 4.71. The minimum absolute atomic E-state index is 0.0571. The van der Waals surface area contributed by atoms with Crippen LogP contribution in [-0.4, -0.2) is 41.1 Å². The van der Waals surface area contributed by atoms with Gasteiger partial charge in [0.15, 0.2) is 0 Å².